The number of carbonyl (C=O) groups is 1. The molecule has 0 saturated carbocycles. The minimum atomic E-state index is -0.941. The van der Waals surface area contributed by atoms with Crippen LogP contribution in [0.25, 0.3) is 27.7 Å². The maximum atomic E-state index is 11.2. The molecule has 0 fully saturated rings. The van der Waals surface area contributed by atoms with E-state index in [9.17, 15) is 9.90 Å². The van der Waals surface area contributed by atoms with E-state index in [1.54, 1.807) is 30.3 Å². The molecule has 3 aromatic carbocycles. The number of aromatic nitrogens is 1. The molecule has 0 bridgehead atoms. The van der Waals surface area contributed by atoms with Crippen molar-refractivity contribution >= 4 is 40.1 Å². The third kappa shape index (κ3) is 2.96. The average molecular weight is 382 g/mol. The van der Waals surface area contributed by atoms with Crippen LogP contribution >= 0.6 is 23.2 Å². The van der Waals surface area contributed by atoms with E-state index in [0.29, 0.717) is 10.0 Å². The van der Waals surface area contributed by atoms with E-state index in [0.717, 1.165) is 27.7 Å². The minimum absolute atomic E-state index is 0.263. The number of halogens is 2. The quantitative estimate of drug-likeness (QED) is 0.452. The van der Waals surface area contributed by atoms with E-state index in [-0.39, 0.29) is 5.56 Å². The maximum absolute atomic E-state index is 11.2. The Morgan fingerprint density at radius 3 is 2.46 bits per heavy atom. The lowest BCUT2D eigenvalue weighted by Crippen LogP contribution is -1.96. The molecule has 0 aliphatic carbocycles. The van der Waals surface area contributed by atoms with Gasteiger partial charge in [0.15, 0.2) is 0 Å². The SMILES string of the molecule is O=C(O)c1cccc(-c2ccc3ccn(-c4ccc(Cl)cc4Cl)c3c2)c1. The first kappa shape index (κ1) is 16.7. The summed E-state index contributed by atoms with van der Waals surface area (Å²) in [4.78, 5) is 11.2. The fourth-order valence-electron chi connectivity index (χ4n) is 3.03. The number of benzene rings is 3. The molecule has 0 spiro atoms. The van der Waals surface area contributed by atoms with Crippen LogP contribution in [0.5, 0.6) is 0 Å². The van der Waals surface area contributed by atoms with Crippen molar-refractivity contribution in [3.63, 3.8) is 0 Å². The Kier molecular flexibility index (Phi) is 4.19. The zero-order valence-corrected chi connectivity index (χ0v) is 15.0. The molecule has 128 valence electrons. The molecule has 3 nitrogen and oxygen atoms in total. The van der Waals surface area contributed by atoms with Crippen molar-refractivity contribution in [3.8, 4) is 16.8 Å². The molecule has 0 amide bonds. The standard InChI is InChI=1S/C21H13Cl2NO2/c22-17-6-7-19(18(23)12-17)24-9-8-13-4-5-15(11-20(13)24)14-2-1-3-16(10-14)21(25)26/h1-12H,(H,25,26). The molecule has 0 unspecified atom stereocenters. The van der Waals surface area contributed by atoms with Gasteiger partial charge in [0, 0.05) is 11.2 Å². The first-order valence-electron chi connectivity index (χ1n) is 7.93. The number of rotatable bonds is 3. The Balaban J connectivity index is 1.87. The number of aromatic carboxylic acids is 1. The highest BCUT2D eigenvalue weighted by atomic mass is 35.5. The summed E-state index contributed by atoms with van der Waals surface area (Å²) in [6.45, 7) is 0. The predicted molar refractivity (Wildman–Crippen MR) is 106 cm³/mol. The summed E-state index contributed by atoms with van der Waals surface area (Å²) in [6.07, 6.45) is 1.96. The third-order valence-electron chi connectivity index (χ3n) is 4.31. The maximum Gasteiger partial charge on any atom is 0.335 e. The number of carboxylic acid groups (broad SMARTS) is 1. The Labute approximate surface area is 160 Å². The van der Waals surface area contributed by atoms with Crippen molar-refractivity contribution in [2.75, 3.05) is 0 Å². The second kappa shape index (κ2) is 6.52. The van der Waals surface area contributed by atoms with Crippen molar-refractivity contribution in [2.24, 2.45) is 0 Å². The summed E-state index contributed by atoms with van der Waals surface area (Å²) in [5, 5.41) is 11.4. The molecule has 1 aromatic heterocycles. The molecule has 0 atom stereocenters. The van der Waals surface area contributed by atoms with E-state index in [1.165, 1.54) is 0 Å². The van der Waals surface area contributed by atoms with Crippen LogP contribution in [0.4, 0.5) is 0 Å². The first-order valence-corrected chi connectivity index (χ1v) is 8.69. The van der Waals surface area contributed by atoms with Crippen molar-refractivity contribution in [3.05, 3.63) is 88.5 Å². The lowest BCUT2D eigenvalue weighted by atomic mass is 10.0. The van der Waals surface area contributed by atoms with Gasteiger partial charge in [0.25, 0.3) is 0 Å². The zero-order valence-electron chi connectivity index (χ0n) is 13.5. The van der Waals surface area contributed by atoms with Gasteiger partial charge in [-0.2, -0.15) is 0 Å². The molecular weight excluding hydrogens is 369 g/mol. The van der Waals surface area contributed by atoms with Gasteiger partial charge in [0.05, 0.1) is 21.8 Å². The smallest absolute Gasteiger partial charge is 0.335 e. The van der Waals surface area contributed by atoms with Gasteiger partial charge in [-0.3, -0.25) is 0 Å². The fraction of sp³-hybridized carbons (Fsp3) is 0. The van der Waals surface area contributed by atoms with Gasteiger partial charge in [0.2, 0.25) is 0 Å². The third-order valence-corrected chi connectivity index (χ3v) is 4.84. The highest BCUT2D eigenvalue weighted by molar-refractivity contribution is 6.35. The largest absolute Gasteiger partial charge is 0.478 e. The van der Waals surface area contributed by atoms with Crippen molar-refractivity contribution in [2.45, 2.75) is 0 Å². The summed E-state index contributed by atoms with van der Waals surface area (Å²) in [6, 6.07) is 20.3. The van der Waals surface area contributed by atoms with Crippen LogP contribution in [0.3, 0.4) is 0 Å². The Morgan fingerprint density at radius 1 is 0.885 bits per heavy atom. The number of nitrogens with zero attached hydrogens (tertiary/aromatic N) is 1. The van der Waals surface area contributed by atoms with Gasteiger partial charge in [-0.25, -0.2) is 4.79 Å². The number of hydrogen-bond acceptors (Lipinski definition) is 1. The fourth-order valence-corrected chi connectivity index (χ4v) is 3.53. The highest BCUT2D eigenvalue weighted by Gasteiger charge is 2.10. The minimum Gasteiger partial charge on any atom is -0.478 e. The molecule has 26 heavy (non-hydrogen) atoms. The normalized spacial score (nSPS) is 11.0. The second-order valence-corrected chi connectivity index (χ2v) is 6.78. The van der Waals surface area contributed by atoms with Crippen LogP contribution in [0.1, 0.15) is 10.4 Å². The van der Waals surface area contributed by atoms with Crippen molar-refractivity contribution in [1.29, 1.82) is 0 Å². The number of hydrogen-bond donors (Lipinski definition) is 1. The molecule has 1 heterocycles. The highest BCUT2D eigenvalue weighted by Crippen LogP contribution is 2.31. The van der Waals surface area contributed by atoms with Gasteiger partial charge >= 0.3 is 5.97 Å². The lowest BCUT2D eigenvalue weighted by Gasteiger charge is -2.10. The molecule has 5 heteroatoms. The molecule has 0 radical (unpaired) electrons. The molecule has 0 aliphatic rings. The predicted octanol–water partition coefficient (Wildman–Crippen LogP) is 6.30. The van der Waals surface area contributed by atoms with E-state index in [4.69, 9.17) is 23.2 Å². The molecule has 4 rings (SSSR count). The molecular formula is C21H13Cl2NO2. The van der Waals surface area contributed by atoms with Gasteiger partial charge in [-0.1, -0.05) is 47.5 Å². The first-order chi connectivity index (χ1) is 12.5. The van der Waals surface area contributed by atoms with E-state index < -0.39 is 5.97 Å². The summed E-state index contributed by atoms with van der Waals surface area (Å²) in [5.41, 5.74) is 3.86. The van der Waals surface area contributed by atoms with Crippen molar-refractivity contribution < 1.29 is 9.90 Å². The summed E-state index contributed by atoms with van der Waals surface area (Å²) in [5.74, 6) is -0.941. The monoisotopic (exact) mass is 381 g/mol. The molecule has 1 N–H and O–H groups in total. The van der Waals surface area contributed by atoms with Crippen LogP contribution in [-0.2, 0) is 0 Å². The molecule has 0 aliphatic heterocycles. The van der Waals surface area contributed by atoms with Crippen LogP contribution in [0.15, 0.2) is 72.9 Å². The van der Waals surface area contributed by atoms with Gasteiger partial charge in [-0.15, -0.1) is 0 Å². The van der Waals surface area contributed by atoms with Gasteiger partial charge < -0.3 is 9.67 Å². The lowest BCUT2D eigenvalue weighted by molar-refractivity contribution is 0.0697. The molecule has 4 aromatic rings. The summed E-state index contributed by atoms with van der Waals surface area (Å²) >= 11 is 12.4. The Bertz CT molecular complexity index is 1150. The van der Waals surface area contributed by atoms with Crippen LogP contribution in [-0.4, -0.2) is 15.6 Å². The van der Waals surface area contributed by atoms with Crippen LogP contribution in [0, 0.1) is 0 Å². The summed E-state index contributed by atoms with van der Waals surface area (Å²) in [7, 11) is 0. The van der Waals surface area contributed by atoms with Gasteiger partial charge in [-0.05, 0) is 59.0 Å². The zero-order chi connectivity index (χ0) is 18.3. The Hall–Kier alpha value is -2.75. The topological polar surface area (TPSA) is 42.2 Å². The second-order valence-electron chi connectivity index (χ2n) is 5.94. The van der Waals surface area contributed by atoms with Crippen LogP contribution in [0.2, 0.25) is 10.0 Å². The van der Waals surface area contributed by atoms with Crippen molar-refractivity contribution in [1.82, 2.24) is 4.57 Å². The molecule has 0 saturated heterocycles. The summed E-state index contributed by atoms with van der Waals surface area (Å²) < 4.78 is 2.00. The Morgan fingerprint density at radius 2 is 1.69 bits per heavy atom. The van der Waals surface area contributed by atoms with Crippen LogP contribution < -0.4 is 0 Å². The number of carboxylic acids is 1. The van der Waals surface area contributed by atoms with Gasteiger partial charge in [0.1, 0.15) is 0 Å². The number of fused-ring (bicyclic) bond motifs is 1. The van der Waals surface area contributed by atoms with E-state index in [2.05, 4.69) is 0 Å². The average Bonchev–Trinajstić information content (AvgIpc) is 3.05. The van der Waals surface area contributed by atoms with E-state index >= 15 is 0 Å². The van der Waals surface area contributed by atoms with E-state index in [1.807, 2.05) is 47.2 Å².